The van der Waals surface area contributed by atoms with Gasteiger partial charge in [-0.15, -0.1) is 0 Å². The molecule has 0 aliphatic heterocycles. The average molecular weight is 326 g/mol. The summed E-state index contributed by atoms with van der Waals surface area (Å²) in [5, 5.41) is 2.14. The van der Waals surface area contributed by atoms with E-state index in [1.165, 1.54) is 6.92 Å². The Kier molecular flexibility index (Phi) is 4.73. The van der Waals surface area contributed by atoms with Crippen molar-refractivity contribution in [3.05, 3.63) is 58.5 Å². The smallest absolute Gasteiger partial charge is 0.417 e. The Balaban J connectivity index is 2.12. The number of amides is 1. The number of hydrogen-bond donors (Lipinski definition) is 2. The van der Waals surface area contributed by atoms with Crippen molar-refractivity contribution in [2.24, 2.45) is 0 Å². The molecule has 0 fully saturated rings. The summed E-state index contributed by atoms with van der Waals surface area (Å²) in [4.78, 5) is 25.4. The number of alkyl halides is 3. The van der Waals surface area contributed by atoms with Gasteiger partial charge in [0.25, 0.3) is 11.5 Å². The van der Waals surface area contributed by atoms with E-state index in [4.69, 9.17) is 4.74 Å². The highest BCUT2D eigenvalue weighted by Crippen LogP contribution is 2.29. The second kappa shape index (κ2) is 6.55. The highest BCUT2D eigenvalue weighted by Gasteiger charge is 2.31. The highest BCUT2D eigenvalue weighted by atomic mass is 19.4. The Morgan fingerprint density at radius 3 is 2.52 bits per heavy atom. The van der Waals surface area contributed by atoms with Gasteiger partial charge in [-0.3, -0.25) is 9.59 Å². The fourth-order valence-corrected chi connectivity index (χ4v) is 1.73. The van der Waals surface area contributed by atoms with Crippen molar-refractivity contribution in [1.29, 1.82) is 0 Å². The molecule has 23 heavy (non-hydrogen) atoms. The molecule has 1 aromatic carbocycles. The van der Waals surface area contributed by atoms with Gasteiger partial charge in [0.15, 0.2) is 6.10 Å². The normalized spacial score (nSPS) is 12.5. The quantitative estimate of drug-likeness (QED) is 0.907. The molecule has 1 heterocycles. The third-order valence-electron chi connectivity index (χ3n) is 2.91. The summed E-state index contributed by atoms with van der Waals surface area (Å²) in [7, 11) is 0. The first-order chi connectivity index (χ1) is 10.8. The van der Waals surface area contributed by atoms with Crippen molar-refractivity contribution in [3.8, 4) is 5.75 Å². The third kappa shape index (κ3) is 4.35. The molecule has 0 radical (unpaired) electrons. The lowest BCUT2D eigenvalue weighted by molar-refractivity contribution is -0.137. The number of para-hydroxylation sites is 1. The van der Waals surface area contributed by atoms with Crippen LogP contribution in [-0.4, -0.2) is 17.0 Å². The molecule has 0 unspecified atom stereocenters. The lowest BCUT2D eigenvalue weighted by atomic mass is 10.2. The van der Waals surface area contributed by atoms with Gasteiger partial charge in [-0.25, -0.2) is 0 Å². The summed E-state index contributed by atoms with van der Waals surface area (Å²) in [6.45, 7) is 1.42. The van der Waals surface area contributed by atoms with Crippen molar-refractivity contribution in [2.45, 2.75) is 19.2 Å². The van der Waals surface area contributed by atoms with E-state index < -0.39 is 35.0 Å². The van der Waals surface area contributed by atoms with Crippen molar-refractivity contribution in [1.82, 2.24) is 4.98 Å². The molecule has 0 saturated heterocycles. The predicted octanol–water partition coefficient (Wildman–Crippen LogP) is 2.80. The zero-order valence-corrected chi connectivity index (χ0v) is 12.0. The largest absolute Gasteiger partial charge is 0.481 e. The second-order valence-corrected chi connectivity index (χ2v) is 4.69. The number of ether oxygens (including phenoxy) is 1. The number of aromatic nitrogens is 1. The van der Waals surface area contributed by atoms with Gasteiger partial charge in [0.2, 0.25) is 0 Å². The molecule has 0 saturated carbocycles. The molecule has 0 spiro atoms. The topological polar surface area (TPSA) is 71.2 Å². The van der Waals surface area contributed by atoms with Gasteiger partial charge in [-0.1, -0.05) is 18.2 Å². The lowest BCUT2D eigenvalue weighted by Crippen LogP contribution is -2.32. The molecule has 1 atom stereocenters. The van der Waals surface area contributed by atoms with Gasteiger partial charge >= 0.3 is 6.18 Å². The summed E-state index contributed by atoms with van der Waals surface area (Å²) in [5.41, 5.74) is -2.39. The zero-order valence-electron chi connectivity index (χ0n) is 12.0. The van der Waals surface area contributed by atoms with E-state index in [0.29, 0.717) is 18.0 Å². The average Bonchev–Trinajstić information content (AvgIpc) is 2.49. The van der Waals surface area contributed by atoms with Gasteiger partial charge in [-0.05, 0) is 25.1 Å². The second-order valence-electron chi connectivity index (χ2n) is 4.69. The number of benzene rings is 1. The molecule has 0 bridgehead atoms. The SMILES string of the molecule is C[C@H](Oc1ccccc1)C(=O)Nc1cc(C(F)(F)F)c[nH]c1=O. The highest BCUT2D eigenvalue weighted by molar-refractivity contribution is 5.94. The monoisotopic (exact) mass is 326 g/mol. The first-order valence-electron chi connectivity index (χ1n) is 6.60. The molecule has 2 rings (SSSR count). The van der Waals surface area contributed by atoms with E-state index in [1.807, 2.05) is 4.98 Å². The van der Waals surface area contributed by atoms with Crippen LogP contribution in [0.15, 0.2) is 47.4 Å². The molecule has 0 aliphatic carbocycles. The maximum atomic E-state index is 12.6. The maximum absolute atomic E-state index is 12.6. The maximum Gasteiger partial charge on any atom is 0.417 e. The van der Waals surface area contributed by atoms with Crippen LogP contribution in [0.2, 0.25) is 0 Å². The number of pyridine rings is 1. The Bertz CT molecular complexity index is 742. The van der Waals surface area contributed by atoms with Crippen molar-refractivity contribution >= 4 is 11.6 Å². The van der Waals surface area contributed by atoms with Crippen LogP contribution in [0, 0.1) is 0 Å². The number of carbonyl (C=O) groups excluding carboxylic acids is 1. The Morgan fingerprint density at radius 1 is 1.26 bits per heavy atom. The van der Waals surface area contributed by atoms with E-state index in [2.05, 4.69) is 5.32 Å². The Labute approximate surface area is 129 Å². The summed E-state index contributed by atoms with van der Waals surface area (Å²) < 4.78 is 43.2. The summed E-state index contributed by atoms with van der Waals surface area (Å²) in [6, 6.07) is 9.00. The van der Waals surface area contributed by atoms with Crippen LogP contribution in [0.25, 0.3) is 0 Å². The number of rotatable bonds is 4. The van der Waals surface area contributed by atoms with Crippen LogP contribution in [0.5, 0.6) is 5.75 Å². The van der Waals surface area contributed by atoms with Crippen LogP contribution in [0.3, 0.4) is 0 Å². The molecule has 2 N–H and O–H groups in total. The minimum atomic E-state index is -4.63. The molecular formula is C15H13F3N2O3. The summed E-state index contributed by atoms with van der Waals surface area (Å²) in [5.74, 6) is -0.313. The fraction of sp³-hybridized carbons (Fsp3) is 0.200. The minimum absolute atomic E-state index is 0.424. The van der Waals surface area contributed by atoms with Crippen LogP contribution in [-0.2, 0) is 11.0 Å². The van der Waals surface area contributed by atoms with Gasteiger partial charge in [0, 0.05) is 6.20 Å². The minimum Gasteiger partial charge on any atom is -0.481 e. The molecule has 0 aliphatic rings. The molecule has 8 heteroatoms. The van der Waals surface area contributed by atoms with Crippen LogP contribution in [0.4, 0.5) is 18.9 Å². The summed E-state index contributed by atoms with van der Waals surface area (Å²) >= 11 is 0. The molecule has 1 aromatic heterocycles. The van der Waals surface area contributed by atoms with Crippen molar-refractivity contribution in [2.75, 3.05) is 5.32 Å². The Hall–Kier alpha value is -2.77. The zero-order chi connectivity index (χ0) is 17.0. The van der Waals surface area contributed by atoms with Gasteiger partial charge in [0.05, 0.1) is 5.56 Å². The standard InChI is InChI=1S/C15H13F3N2O3/c1-9(23-11-5-3-2-4-6-11)13(21)20-12-7-10(15(16,17)18)8-19-14(12)22/h2-9H,1H3,(H,19,22)(H,20,21)/t9-/m0/s1. The van der Waals surface area contributed by atoms with Gasteiger partial charge in [0.1, 0.15) is 11.4 Å². The third-order valence-corrected chi connectivity index (χ3v) is 2.91. The molecule has 2 aromatic rings. The van der Waals surface area contributed by atoms with Crippen LogP contribution in [0.1, 0.15) is 12.5 Å². The lowest BCUT2D eigenvalue weighted by Gasteiger charge is -2.15. The van der Waals surface area contributed by atoms with E-state index in [-0.39, 0.29) is 0 Å². The number of nitrogens with one attached hydrogen (secondary N) is 2. The van der Waals surface area contributed by atoms with E-state index in [0.717, 1.165) is 0 Å². The number of aromatic amines is 1. The first-order valence-corrected chi connectivity index (χ1v) is 6.60. The number of anilines is 1. The van der Waals surface area contributed by atoms with Crippen molar-refractivity contribution in [3.63, 3.8) is 0 Å². The van der Waals surface area contributed by atoms with E-state index >= 15 is 0 Å². The number of hydrogen-bond acceptors (Lipinski definition) is 3. The van der Waals surface area contributed by atoms with Gasteiger partial charge < -0.3 is 15.0 Å². The molecule has 5 nitrogen and oxygen atoms in total. The molecular weight excluding hydrogens is 313 g/mol. The summed E-state index contributed by atoms with van der Waals surface area (Å²) in [6.07, 6.45) is -5.08. The number of carbonyl (C=O) groups is 1. The van der Waals surface area contributed by atoms with Crippen molar-refractivity contribution < 1.29 is 22.7 Å². The van der Waals surface area contributed by atoms with Gasteiger partial charge in [-0.2, -0.15) is 13.2 Å². The molecule has 122 valence electrons. The van der Waals surface area contributed by atoms with E-state index in [1.54, 1.807) is 30.3 Å². The van der Waals surface area contributed by atoms with Crippen LogP contribution >= 0.6 is 0 Å². The number of halogens is 3. The Morgan fingerprint density at radius 2 is 1.91 bits per heavy atom. The fourth-order valence-electron chi connectivity index (χ4n) is 1.73. The van der Waals surface area contributed by atoms with Crippen LogP contribution < -0.4 is 15.6 Å². The number of H-pyrrole nitrogens is 1. The first kappa shape index (κ1) is 16.6. The van der Waals surface area contributed by atoms with E-state index in [9.17, 15) is 22.8 Å². The predicted molar refractivity (Wildman–Crippen MR) is 77.2 cm³/mol. The molecule has 1 amide bonds.